The van der Waals surface area contributed by atoms with Crippen LogP contribution < -0.4 is 5.32 Å². The number of Topliss-reactive ketones (excluding diaryl/α,β-unsaturated/α-hetero) is 1. The zero-order valence-electron chi connectivity index (χ0n) is 55.3. The van der Waals surface area contributed by atoms with Crippen LogP contribution in [0.25, 0.3) is 0 Å². The van der Waals surface area contributed by atoms with Gasteiger partial charge in [-0.1, -0.05) is 110 Å². The summed E-state index contributed by atoms with van der Waals surface area (Å²) in [5.74, 6) is 7.51. The van der Waals surface area contributed by atoms with Crippen molar-refractivity contribution >= 4 is 17.7 Å². The van der Waals surface area contributed by atoms with E-state index < -0.39 is 98.1 Å². The number of nitrogens with zero attached hydrogens (tertiary/aromatic N) is 1. The molecule has 14 aliphatic carbocycles. The number of fused-ring (bicyclic) bond motifs is 8. The lowest BCUT2D eigenvalue weighted by atomic mass is 9.27. The highest BCUT2D eigenvalue weighted by Gasteiger charge is 3.03. The SMILES string of the molecule is C[C@]12C[C@H]3C[C@]45C[C@@H]6C=C[C@]47C(=O)OC[C@]48[C@H](C(=O)[C@@H](O)[C@@]9([C@H]34)[C@H]3C[C@H](Cc4ccccc4)CC[C@H]3C#CC[C@@]1(c1ccoc1C[C@@H]([C@@H]1CC[C@H]3[C@H](C=CN4CNC[C@H]34)C1)[C@H](O)CO)OC(=O)[C@H]1O[C@@]192)[C@@]12O[C@]87C(=C[C@@H]1[C@]13C=C[C@H]4CCC[C@@H]4[C@H]1CC=C1C=C[C@H]2C[C@@H]13)C[C@H]5C6. The summed E-state index contributed by atoms with van der Waals surface area (Å²) < 4.78 is 39.0. The van der Waals surface area contributed by atoms with E-state index in [0.717, 1.165) is 83.8 Å². The highest BCUT2D eigenvalue weighted by atomic mass is 16.7. The molecule has 13 heteroatoms. The van der Waals surface area contributed by atoms with Gasteiger partial charge in [0.1, 0.15) is 35.1 Å². The Bertz CT molecular complexity index is 4100. The van der Waals surface area contributed by atoms with Crippen LogP contribution in [0.3, 0.4) is 0 Å². The number of carbonyl (C=O) groups excluding carboxylic acids is 3. The van der Waals surface area contributed by atoms with Crippen LogP contribution >= 0.6 is 0 Å². The van der Waals surface area contributed by atoms with Crippen molar-refractivity contribution in [2.75, 3.05) is 26.4 Å². The molecule has 500 valence electrons. The molecule has 7 aliphatic heterocycles. The number of epoxide rings is 1. The summed E-state index contributed by atoms with van der Waals surface area (Å²) in [6, 6.07) is 13.2. The van der Waals surface area contributed by atoms with E-state index in [4.69, 9.17) is 18.6 Å². The summed E-state index contributed by atoms with van der Waals surface area (Å²) in [6.45, 7) is 3.73. The molecule has 1 aromatic heterocycles. The molecule has 1 aromatic carbocycles. The lowest BCUT2D eigenvalue weighted by Crippen LogP contribution is -2.85. The van der Waals surface area contributed by atoms with Crippen LogP contribution in [0.1, 0.15) is 133 Å². The maximum Gasteiger partial charge on any atom is 0.339 e. The first-order valence-corrected chi connectivity index (χ1v) is 38.2. The van der Waals surface area contributed by atoms with Gasteiger partial charge in [-0.3, -0.25) is 14.9 Å². The summed E-state index contributed by atoms with van der Waals surface area (Å²) >= 11 is 0. The number of aliphatic hydroxyl groups is 3. The van der Waals surface area contributed by atoms with E-state index in [1.165, 1.54) is 36.0 Å². The van der Waals surface area contributed by atoms with Gasteiger partial charge in [-0.2, -0.15) is 0 Å². The van der Waals surface area contributed by atoms with Crippen LogP contribution in [-0.2, 0) is 51.8 Å². The molecule has 14 fully saturated rings. The second kappa shape index (κ2) is 18.4. The Hall–Kier alpha value is -5.33. The van der Waals surface area contributed by atoms with Gasteiger partial charge in [0.2, 0.25) is 0 Å². The number of hydrogen-bond acceptors (Lipinski definition) is 13. The molecule has 12 bridgehead atoms. The minimum absolute atomic E-state index is 0.0101. The summed E-state index contributed by atoms with van der Waals surface area (Å²) in [5.41, 5.74) is -7.00. The molecule has 8 spiro atoms. The Balaban J connectivity index is 0.771. The molecule has 32 atom stereocenters. The van der Waals surface area contributed by atoms with Gasteiger partial charge in [-0.05, 0) is 220 Å². The van der Waals surface area contributed by atoms with E-state index in [0.29, 0.717) is 72.6 Å². The molecule has 4 N–H and O–H groups in total. The number of aliphatic hydroxyl groups excluding tert-OH is 3. The number of allylic oxidation sites excluding steroid dienone is 7. The monoisotopic (exact) mass is 1290 g/mol. The molecule has 0 amide bonds. The molecule has 9 saturated carbocycles. The third-order valence-corrected chi connectivity index (χ3v) is 34.4. The molecule has 2 aromatic rings. The lowest BCUT2D eigenvalue weighted by Gasteiger charge is -2.74. The Morgan fingerprint density at radius 3 is 2.71 bits per heavy atom. The number of esters is 2. The van der Waals surface area contributed by atoms with Crippen molar-refractivity contribution in [2.45, 2.75) is 176 Å². The largest absolute Gasteiger partial charge is 0.469 e. The van der Waals surface area contributed by atoms with Crippen molar-refractivity contribution < 1.29 is 53.1 Å². The van der Waals surface area contributed by atoms with Crippen LogP contribution in [0.2, 0.25) is 0 Å². The fourth-order valence-electron chi connectivity index (χ4n) is 32.1. The Morgan fingerprint density at radius 2 is 1.81 bits per heavy atom. The first-order chi connectivity index (χ1) is 46.7. The Morgan fingerprint density at radius 1 is 0.906 bits per heavy atom. The quantitative estimate of drug-likeness (QED) is 0.0850. The number of furan rings is 1. The van der Waals surface area contributed by atoms with Gasteiger partial charge in [0.15, 0.2) is 17.5 Å². The zero-order valence-corrected chi connectivity index (χ0v) is 55.3. The number of nitrogens with one attached hydrogen (secondary N) is 1. The number of carbonyl (C=O) groups is 3. The molecule has 5 saturated heterocycles. The molecule has 0 unspecified atom stereocenters. The fourth-order valence-corrected chi connectivity index (χ4v) is 32.1. The molecular formula is C83H92N2O11. The minimum atomic E-state index is -1.62. The van der Waals surface area contributed by atoms with E-state index in [2.05, 4.69) is 120 Å². The van der Waals surface area contributed by atoms with Gasteiger partial charge in [0, 0.05) is 58.6 Å². The maximum absolute atomic E-state index is 18.6. The van der Waals surface area contributed by atoms with Crippen LogP contribution in [0.4, 0.5) is 0 Å². The van der Waals surface area contributed by atoms with Gasteiger partial charge in [0.25, 0.3) is 0 Å². The second-order valence-corrected chi connectivity index (χ2v) is 36.3. The molecule has 0 radical (unpaired) electrons. The van der Waals surface area contributed by atoms with Gasteiger partial charge >= 0.3 is 11.9 Å². The maximum atomic E-state index is 18.6. The van der Waals surface area contributed by atoms with Crippen molar-refractivity contribution in [3.63, 3.8) is 0 Å². The standard InChI is InChI=1S/C83H92N2O11/c1-74-38-52-39-75-37-46-20-26-78(75)73(91)93-42-77-68(52)80(70(89)67(88)69(77)81-53-17-14-49-16-19-59-56-11-5-9-47(56)21-25-76(59,61(49)34-53)66(81)35-55(33-54(75)30-46)82(77,78)96-81)62-31-45(29-44-7-3-2-4-8-44)12-13-48(62)10-6-24-79(74,95-72(90)71-83(74,80)94-71)60-23-28-92-65(60)36-58(64(87)41-86)50-15-18-57-51(32-50)22-27-85-43-84-40-63(57)85/h2-4,7-8,14,16-17,20-23,25-28,35,45-48,50-54,56-59,61-64,66,68-71,84,86-87,89H,5,9,11-13,15,18-19,24,29-34,36-43H2,1H3/t45-,46+,47+,48+,50+,51+,52-,53-,54+,56-,57-,58-,59+,61-,62-,63+,64+,66+,68+,69-,70+,71+,74-,75-,76+,77+,78-,79-,80-,81-,82+,83+/m0/s1. The minimum Gasteiger partial charge on any atom is -0.469 e. The number of benzene rings is 1. The molecule has 23 rings (SSSR count). The molecule has 13 nitrogen and oxygen atoms in total. The Kier molecular flexibility index (Phi) is 11.0. The van der Waals surface area contributed by atoms with E-state index >= 15 is 19.5 Å². The van der Waals surface area contributed by atoms with Gasteiger partial charge in [0.05, 0.1) is 49.0 Å². The third kappa shape index (κ3) is 5.91. The first kappa shape index (κ1) is 57.4. The predicted molar refractivity (Wildman–Crippen MR) is 350 cm³/mol. The van der Waals surface area contributed by atoms with Crippen molar-refractivity contribution in [3.05, 3.63) is 132 Å². The van der Waals surface area contributed by atoms with Crippen LogP contribution in [-0.4, -0.2) is 106 Å². The predicted octanol–water partition coefficient (Wildman–Crippen LogP) is 10.5. The highest BCUT2D eigenvalue weighted by molar-refractivity contribution is 5.96. The third-order valence-electron chi connectivity index (χ3n) is 34.4. The van der Waals surface area contributed by atoms with Crippen molar-refractivity contribution in [3.8, 4) is 11.8 Å². The van der Waals surface area contributed by atoms with Crippen molar-refractivity contribution in [1.29, 1.82) is 0 Å². The average Bonchev–Trinajstić information content (AvgIpc) is 1.40. The van der Waals surface area contributed by atoms with Gasteiger partial charge in [-0.25, -0.2) is 4.79 Å². The number of ketones is 1. The lowest BCUT2D eigenvalue weighted by molar-refractivity contribution is -0.320. The number of hydrogen-bond donors (Lipinski definition) is 4. The summed E-state index contributed by atoms with van der Waals surface area (Å²) in [5, 5.41) is 42.5. The summed E-state index contributed by atoms with van der Waals surface area (Å²) in [4.78, 5) is 54.3. The van der Waals surface area contributed by atoms with Crippen molar-refractivity contribution in [2.24, 2.45) is 139 Å². The van der Waals surface area contributed by atoms with Gasteiger partial charge < -0.3 is 43.6 Å². The van der Waals surface area contributed by atoms with Crippen LogP contribution in [0, 0.1) is 151 Å². The highest BCUT2D eigenvalue weighted by Crippen LogP contribution is 2.95. The molecule has 21 aliphatic rings. The zero-order chi connectivity index (χ0) is 63.8. The van der Waals surface area contributed by atoms with Crippen LogP contribution in [0.5, 0.6) is 0 Å². The Labute approximate surface area is 562 Å². The fraction of sp³-hybridized carbons (Fsp3) is 0.675. The van der Waals surface area contributed by atoms with E-state index in [1.807, 2.05) is 6.07 Å². The summed E-state index contributed by atoms with van der Waals surface area (Å²) in [7, 11) is 0. The summed E-state index contributed by atoms with van der Waals surface area (Å²) in [6.07, 6.45) is 38.3. The second-order valence-electron chi connectivity index (χ2n) is 36.3. The molecular weight excluding hydrogens is 1200 g/mol. The van der Waals surface area contributed by atoms with Crippen LogP contribution in [0.15, 0.2) is 119 Å². The smallest absolute Gasteiger partial charge is 0.339 e. The molecule has 96 heavy (non-hydrogen) atoms. The number of rotatable bonds is 8. The normalized spacial score (nSPS) is 55.6. The average molecular weight is 1290 g/mol. The topological polar surface area (TPSA) is 181 Å². The van der Waals surface area contributed by atoms with Crippen molar-refractivity contribution in [1.82, 2.24) is 10.2 Å². The number of ether oxygens (including phenoxy) is 4. The number of cyclic esters (lactones) is 1. The van der Waals surface area contributed by atoms with E-state index in [1.54, 1.807) is 6.26 Å². The molecule has 8 heterocycles. The van der Waals surface area contributed by atoms with Gasteiger partial charge in [-0.15, -0.1) is 0 Å². The van der Waals surface area contributed by atoms with E-state index in [-0.39, 0.29) is 89.4 Å². The first-order valence-electron chi connectivity index (χ1n) is 38.2. The van der Waals surface area contributed by atoms with E-state index in [9.17, 15) is 14.9 Å².